The van der Waals surface area contributed by atoms with Crippen LogP contribution in [0.2, 0.25) is 0 Å². The molecule has 0 spiro atoms. The zero-order chi connectivity index (χ0) is 17.7. The smallest absolute Gasteiger partial charge is 0.254 e. The van der Waals surface area contributed by atoms with Crippen LogP contribution in [-0.4, -0.2) is 59.9 Å². The lowest BCUT2D eigenvalue weighted by molar-refractivity contribution is -0.128. The van der Waals surface area contributed by atoms with Gasteiger partial charge in [-0.25, -0.2) is 4.98 Å². The maximum atomic E-state index is 12.1. The lowest BCUT2D eigenvalue weighted by atomic mass is 10.1. The first-order valence-electron chi connectivity index (χ1n) is 8.19. The topological polar surface area (TPSA) is 62.7 Å². The lowest BCUT2D eigenvalue weighted by Gasteiger charge is -2.32. The number of pyridine rings is 1. The standard InChI is InChI=1S/C18H25N3O3/c1-5-13(2)17(22)21-10-8-15(9-11-21)24-16-7-6-14(12-19-16)18(23)20(3)4/h5-7,12,15H,8-11H2,1-4H3. The Morgan fingerprint density at radius 2 is 1.96 bits per heavy atom. The fraction of sp³-hybridized carbons (Fsp3) is 0.500. The van der Waals surface area contributed by atoms with Crippen LogP contribution in [0, 0.1) is 0 Å². The molecule has 1 fully saturated rings. The van der Waals surface area contributed by atoms with Crippen molar-refractivity contribution in [1.82, 2.24) is 14.8 Å². The van der Waals surface area contributed by atoms with Gasteiger partial charge in [0.15, 0.2) is 0 Å². The third kappa shape index (κ3) is 4.34. The predicted molar refractivity (Wildman–Crippen MR) is 91.9 cm³/mol. The van der Waals surface area contributed by atoms with Gasteiger partial charge in [-0.1, -0.05) is 6.08 Å². The highest BCUT2D eigenvalue weighted by atomic mass is 16.5. The van der Waals surface area contributed by atoms with Gasteiger partial charge in [-0.15, -0.1) is 0 Å². The van der Waals surface area contributed by atoms with Gasteiger partial charge in [0.25, 0.3) is 5.91 Å². The summed E-state index contributed by atoms with van der Waals surface area (Å²) in [5, 5.41) is 0. The maximum absolute atomic E-state index is 12.1. The molecular formula is C18H25N3O3. The molecule has 130 valence electrons. The predicted octanol–water partition coefficient (Wildman–Crippen LogP) is 2.12. The van der Waals surface area contributed by atoms with Crippen molar-refractivity contribution >= 4 is 11.8 Å². The Morgan fingerprint density at radius 3 is 2.46 bits per heavy atom. The van der Waals surface area contributed by atoms with E-state index < -0.39 is 0 Å². The third-order valence-corrected chi connectivity index (χ3v) is 4.18. The number of hydrogen-bond donors (Lipinski definition) is 0. The minimum atomic E-state index is -0.0831. The first-order chi connectivity index (χ1) is 11.4. The molecule has 2 amide bonds. The number of carbonyl (C=O) groups is 2. The fourth-order valence-electron chi connectivity index (χ4n) is 2.56. The normalized spacial score (nSPS) is 16.0. The van der Waals surface area contributed by atoms with E-state index in [1.165, 1.54) is 11.1 Å². The zero-order valence-corrected chi connectivity index (χ0v) is 14.8. The van der Waals surface area contributed by atoms with Crippen LogP contribution in [0.25, 0.3) is 0 Å². The molecule has 1 aromatic heterocycles. The molecule has 0 atom stereocenters. The van der Waals surface area contributed by atoms with Crippen LogP contribution in [0.3, 0.4) is 0 Å². The van der Waals surface area contributed by atoms with Gasteiger partial charge in [0.2, 0.25) is 11.8 Å². The highest BCUT2D eigenvalue weighted by molar-refractivity contribution is 5.93. The van der Waals surface area contributed by atoms with Crippen LogP contribution >= 0.6 is 0 Å². The van der Waals surface area contributed by atoms with Crippen LogP contribution in [0.5, 0.6) is 5.88 Å². The van der Waals surface area contributed by atoms with Crippen LogP contribution in [-0.2, 0) is 4.79 Å². The molecule has 1 aliphatic heterocycles. The SMILES string of the molecule is CC=C(C)C(=O)N1CCC(Oc2ccc(C(=O)N(C)C)cn2)CC1. The van der Waals surface area contributed by atoms with Gasteiger partial charge in [-0.3, -0.25) is 9.59 Å². The van der Waals surface area contributed by atoms with E-state index in [2.05, 4.69) is 4.98 Å². The molecule has 0 saturated carbocycles. The molecule has 6 heteroatoms. The lowest BCUT2D eigenvalue weighted by Crippen LogP contribution is -2.42. The quantitative estimate of drug-likeness (QED) is 0.793. The molecule has 0 bridgehead atoms. The number of aromatic nitrogens is 1. The van der Waals surface area contributed by atoms with Crippen LogP contribution in [0.4, 0.5) is 0 Å². The van der Waals surface area contributed by atoms with Crippen molar-refractivity contribution in [3.8, 4) is 5.88 Å². The molecular weight excluding hydrogens is 306 g/mol. The average molecular weight is 331 g/mol. The first-order valence-corrected chi connectivity index (χ1v) is 8.19. The van der Waals surface area contributed by atoms with Crippen molar-refractivity contribution in [3.05, 3.63) is 35.5 Å². The second-order valence-corrected chi connectivity index (χ2v) is 6.17. The van der Waals surface area contributed by atoms with E-state index >= 15 is 0 Å². The Kier molecular flexibility index (Phi) is 5.95. The van der Waals surface area contributed by atoms with E-state index in [1.54, 1.807) is 26.2 Å². The van der Waals surface area contributed by atoms with E-state index in [1.807, 2.05) is 24.8 Å². The number of hydrogen-bond acceptors (Lipinski definition) is 4. The summed E-state index contributed by atoms with van der Waals surface area (Å²) in [6.45, 7) is 5.09. The fourth-order valence-corrected chi connectivity index (χ4v) is 2.56. The molecule has 0 N–H and O–H groups in total. The summed E-state index contributed by atoms with van der Waals surface area (Å²) in [4.78, 5) is 31.5. The number of rotatable bonds is 4. The first kappa shape index (κ1) is 18.0. The average Bonchev–Trinajstić information content (AvgIpc) is 2.61. The molecule has 0 aliphatic carbocycles. The number of piperidine rings is 1. The van der Waals surface area contributed by atoms with E-state index in [9.17, 15) is 9.59 Å². The van der Waals surface area contributed by atoms with Crippen molar-refractivity contribution in [2.24, 2.45) is 0 Å². The molecule has 1 aromatic rings. The second-order valence-electron chi connectivity index (χ2n) is 6.17. The van der Waals surface area contributed by atoms with Gasteiger partial charge in [-0.2, -0.15) is 0 Å². The molecule has 0 unspecified atom stereocenters. The molecule has 2 heterocycles. The van der Waals surface area contributed by atoms with E-state index in [-0.39, 0.29) is 17.9 Å². The van der Waals surface area contributed by atoms with Crippen molar-refractivity contribution < 1.29 is 14.3 Å². The van der Waals surface area contributed by atoms with Gasteiger partial charge in [-0.05, 0) is 19.9 Å². The van der Waals surface area contributed by atoms with Crippen LogP contribution in [0.1, 0.15) is 37.0 Å². The molecule has 24 heavy (non-hydrogen) atoms. The number of likely N-dealkylation sites (tertiary alicyclic amines) is 1. The van der Waals surface area contributed by atoms with E-state index in [4.69, 9.17) is 4.74 Å². The Bertz CT molecular complexity index is 615. The summed E-state index contributed by atoms with van der Waals surface area (Å²) >= 11 is 0. The number of ether oxygens (including phenoxy) is 1. The van der Waals surface area contributed by atoms with Gasteiger partial charge in [0.05, 0.1) is 5.56 Å². The summed E-state index contributed by atoms with van der Waals surface area (Å²) < 4.78 is 5.88. The number of allylic oxidation sites excluding steroid dienone is 1. The highest BCUT2D eigenvalue weighted by Gasteiger charge is 2.24. The van der Waals surface area contributed by atoms with Crippen molar-refractivity contribution in [3.63, 3.8) is 0 Å². The minimum Gasteiger partial charge on any atom is -0.474 e. The van der Waals surface area contributed by atoms with Crippen molar-refractivity contribution in [2.75, 3.05) is 27.2 Å². The van der Waals surface area contributed by atoms with Gasteiger partial charge in [0, 0.05) is 57.9 Å². The third-order valence-electron chi connectivity index (χ3n) is 4.18. The Balaban J connectivity index is 1.88. The Hall–Kier alpha value is -2.37. The minimum absolute atomic E-state index is 0.0443. The zero-order valence-electron chi connectivity index (χ0n) is 14.8. The summed E-state index contributed by atoms with van der Waals surface area (Å²) in [5.41, 5.74) is 1.31. The van der Waals surface area contributed by atoms with Crippen molar-refractivity contribution in [2.45, 2.75) is 32.8 Å². The summed E-state index contributed by atoms with van der Waals surface area (Å²) in [7, 11) is 3.41. The number of amides is 2. The van der Waals surface area contributed by atoms with Gasteiger partial charge in [0.1, 0.15) is 6.10 Å². The molecule has 2 rings (SSSR count). The summed E-state index contributed by atoms with van der Waals surface area (Å²) in [6, 6.07) is 3.44. The largest absolute Gasteiger partial charge is 0.474 e. The molecule has 0 aromatic carbocycles. The van der Waals surface area contributed by atoms with Gasteiger partial charge < -0.3 is 14.5 Å². The summed E-state index contributed by atoms with van der Waals surface area (Å²) in [6.07, 6.45) is 4.98. The highest BCUT2D eigenvalue weighted by Crippen LogP contribution is 2.19. The maximum Gasteiger partial charge on any atom is 0.254 e. The molecule has 1 aliphatic rings. The number of carbonyl (C=O) groups excluding carboxylic acids is 2. The second kappa shape index (κ2) is 7.95. The van der Waals surface area contributed by atoms with Crippen molar-refractivity contribution in [1.29, 1.82) is 0 Å². The summed E-state index contributed by atoms with van der Waals surface area (Å²) in [5.74, 6) is 0.528. The monoisotopic (exact) mass is 331 g/mol. The molecule has 1 saturated heterocycles. The van der Waals surface area contributed by atoms with Gasteiger partial charge >= 0.3 is 0 Å². The Morgan fingerprint density at radius 1 is 1.29 bits per heavy atom. The number of nitrogens with zero attached hydrogens (tertiary/aromatic N) is 3. The molecule has 0 radical (unpaired) electrons. The van der Waals surface area contributed by atoms with Crippen LogP contribution < -0.4 is 4.74 Å². The van der Waals surface area contributed by atoms with Crippen LogP contribution in [0.15, 0.2) is 30.0 Å². The van der Waals surface area contributed by atoms with E-state index in [0.29, 0.717) is 24.5 Å². The molecule has 6 nitrogen and oxygen atoms in total. The van der Waals surface area contributed by atoms with E-state index in [0.717, 1.165) is 18.4 Å². The Labute approximate surface area is 143 Å².